The highest BCUT2D eigenvalue weighted by Crippen LogP contribution is 2.31. The van der Waals surface area contributed by atoms with Crippen molar-refractivity contribution in [3.05, 3.63) is 130 Å². The minimum absolute atomic E-state index is 0.0414. The Kier molecular flexibility index (Phi) is 10.9. The molecule has 0 spiro atoms. The molecule has 4 aromatic carbocycles. The third kappa shape index (κ3) is 9.06. The number of rotatable bonds is 11. The van der Waals surface area contributed by atoms with Crippen molar-refractivity contribution >= 4 is 50.7 Å². The van der Waals surface area contributed by atoms with Crippen LogP contribution in [0.5, 0.6) is 0 Å². The number of nitrogens with zero attached hydrogens (tertiary/aromatic N) is 2. The fourth-order valence-electron chi connectivity index (χ4n) is 4.68. The van der Waals surface area contributed by atoms with E-state index in [4.69, 9.17) is 23.2 Å². The Bertz CT molecular complexity index is 1730. The Labute approximate surface area is 273 Å². The maximum atomic E-state index is 14.4. The molecule has 45 heavy (non-hydrogen) atoms. The van der Waals surface area contributed by atoms with E-state index in [1.807, 2.05) is 51.1 Å². The number of amides is 2. The Hall–Kier alpha value is -3.92. The fraction of sp³-hybridized carbons (Fsp3) is 0.235. The molecule has 0 heterocycles. The topological polar surface area (TPSA) is 86.8 Å². The molecule has 0 aliphatic carbocycles. The molecule has 0 bridgehead atoms. The SMILES string of the molecule is CC(C)(C)NC(=O)[C@H](Cc1ccccc1)N(Cc1ccc(F)cc1)C(=O)CN(c1ccc(Cl)c(Cl)c1)S(=O)(=O)c1ccccc1. The molecule has 0 radical (unpaired) electrons. The maximum Gasteiger partial charge on any atom is 0.264 e. The number of hydrogen-bond acceptors (Lipinski definition) is 4. The molecule has 4 rings (SSSR count). The lowest BCUT2D eigenvalue weighted by atomic mass is 10.0. The summed E-state index contributed by atoms with van der Waals surface area (Å²) < 4.78 is 42.8. The van der Waals surface area contributed by atoms with Gasteiger partial charge in [0.1, 0.15) is 18.4 Å². The van der Waals surface area contributed by atoms with E-state index in [0.29, 0.717) is 5.56 Å². The first kappa shape index (κ1) is 34.0. The zero-order valence-corrected chi connectivity index (χ0v) is 27.4. The van der Waals surface area contributed by atoms with Crippen molar-refractivity contribution in [2.75, 3.05) is 10.8 Å². The number of carbonyl (C=O) groups is 2. The van der Waals surface area contributed by atoms with E-state index in [0.717, 1.165) is 9.87 Å². The quantitative estimate of drug-likeness (QED) is 0.189. The molecule has 236 valence electrons. The van der Waals surface area contributed by atoms with Crippen molar-refractivity contribution in [2.24, 2.45) is 0 Å². The predicted octanol–water partition coefficient (Wildman–Crippen LogP) is 6.88. The molecular formula is C34H34Cl2FN3O4S. The van der Waals surface area contributed by atoms with Crippen molar-refractivity contribution < 1.29 is 22.4 Å². The molecule has 7 nitrogen and oxygen atoms in total. The number of carbonyl (C=O) groups excluding carboxylic acids is 2. The van der Waals surface area contributed by atoms with Crippen LogP contribution in [0.3, 0.4) is 0 Å². The van der Waals surface area contributed by atoms with Crippen LogP contribution in [0.4, 0.5) is 10.1 Å². The van der Waals surface area contributed by atoms with Gasteiger partial charge in [0.15, 0.2) is 0 Å². The monoisotopic (exact) mass is 669 g/mol. The zero-order valence-electron chi connectivity index (χ0n) is 25.1. The molecule has 2 amide bonds. The van der Waals surface area contributed by atoms with E-state index in [9.17, 15) is 22.4 Å². The summed E-state index contributed by atoms with van der Waals surface area (Å²) in [5, 5.41) is 3.28. The first-order valence-corrected chi connectivity index (χ1v) is 16.4. The molecule has 0 unspecified atom stereocenters. The van der Waals surface area contributed by atoms with Crippen molar-refractivity contribution in [1.82, 2.24) is 10.2 Å². The van der Waals surface area contributed by atoms with Crippen LogP contribution < -0.4 is 9.62 Å². The number of halogens is 3. The zero-order chi connectivity index (χ0) is 32.8. The average molecular weight is 671 g/mol. The second-order valence-electron chi connectivity index (χ2n) is 11.5. The van der Waals surface area contributed by atoms with E-state index in [2.05, 4.69) is 5.32 Å². The van der Waals surface area contributed by atoms with Gasteiger partial charge >= 0.3 is 0 Å². The van der Waals surface area contributed by atoms with Crippen LogP contribution in [0.1, 0.15) is 31.9 Å². The average Bonchev–Trinajstić information content (AvgIpc) is 3.00. The summed E-state index contributed by atoms with van der Waals surface area (Å²) in [6.45, 7) is 4.73. The van der Waals surface area contributed by atoms with Crippen molar-refractivity contribution in [3.63, 3.8) is 0 Å². The first-order chi connectivity index (χ1) is 21.2. The van der Waals surface area contributed by atoms with Gasteiger partial charge in [0, 0.05) is 18.5 Å². The summed E-state index contributed by atoms with van der Waals surface area (Å²) in [4.78, 5) is 29.6. The number of hydrogen-bond donors (Lipinski definition) is 1. The minimum Gasteiger partial charge on any atom is -0.350 e. The van der Waals surface area contributed by atoms with Gasteiger partial charge in [-0.2, -0.15) is 0 Å². The second-order valence-corrected chi connectivity index (χ2v) is 14.2. The summed E-state index contributed by atoms with van der Waals surface area (Å²) in [5.41, 5.74) is 0.835. The number of anilines is 1. The normalized spacial score (nSPS) is 12.3. The Balaban J connectivity index is 1.82. The molecule has 11 heteroatoms. The van der Waals surface area contributed by atoms with Crippen LogP contribution in [-0.2, 0) is 32.6 Å². The van der Waals surface area contributed by atoms with Gasteiger partial charge in [0.05, 0.1) is 20.6 Å². The van der Waals surface area contributed by atoms with Crippen LogP contribution in [-0.4, -0.2) is 43.3 Å². The van der Waals surface area contributed by atoms with E-state index in [-0.39, 0.29) is 33.6 Å². The Morgan fingerprint density at radius 1 is 0.822 bits per heavy atom. The van der Waals surface area contributed by atoms with Gasteiger partial charge < -0.3 is 10.2 Å². The molecular weight excluding hydrogens is 636 g/mol. The molecule has 0 saturated carbocycles. The molecule has 0 aliphatic rings. The third-order valence-corrected chi connectivity index (χ3v) is 9.36. The van der Waals surface area contributed by atoms with E-state index in [1.165, 1.54) is 59.5 Å². The Morgan fingerprint density at radius 2 is 1.42 bits per heavy atom. The number of nitrogens with one attached hydrogen (secondary N) is 1. The maximum absolute atomic E-state index is 14.4. The number of benzene rings is 4. The van der Waals surface area contributed by atoms with Crippen LogP contribution in [0, 0.1) is 5.82 Å². The van der Waals surface area contributed by atoms with E-state index >= 15 is 0 Å². The lowest BCUT2D eigenvalue weighted by Gasteiger charge is -2.35. The predicted molar refractivity (Wildman–Crippen MR) is 176 cm³/mol. The van der Waals surface area contributed by atoms with Gasteiger partial charge in [-0.3, -0.25) is 13.9 Å². The molecule has 0 aromatic heterocycles. The number of sulfonamides is 1. The molecule has 1 atom stereocenters. The van der Waals surface area contributed by atoms with Crippen LogP contribution >= 0.6 is 23.2 Å². The molecule has 0 saturated heterocycles. The fourth-order valence-corrected chi connectivity index (χ4v) is 6.40. The second kappa shape index (κ2) is 14.5. The highest BCUT2D eigenvalue weighted by atomic mass is 35.5. The van der Waals surface area contributed by atoms with Gasteiger partial charge in [-0.1, -0.05) is 83.9 Å². The smallest absolute Gasteiger partial charge is 0.264 e. The summed E-state index contributed by atoms with van der Waals surface area (Å²) in [6.07, 6.45) is 0.147. The molecule has 0 fully saturated rings. The van der Waals surface area contributed by atoms with Crippen LogP contribution in [0.2, 0.25) is 10.0 Å². The van der Waals surface area contributed by atoms with Gasteiger partial charge in [-0.25, -0.2) is 12.8 Å². The third-order valence-electron chi connectivity index (χ3n) is 6.84. The molecule has 0 aliphatic heterocycles. The van der Waals surface area contributed by atoms with Gasteiger partial charge in [-0.15, -0.1) is 0 Å². The minimum atomic E-state index is -4.29. The van der Waals surface area contributed by atoms with E-state index < -0.39 is 45.8 Å². The van der Waals surface area contributed by atoms with Crippen molar-refractivity contribution in [2.45, 2.75) is 50.2 Å². The highest BCUT2D eigenvalue weighted by molar-refractivity contribution is 7.92. The standard InChI is InChI=1S/C34H34Cl2FN3O4S/c1-34(2,3)38-33(42)31(20-24-10-6-4-7-11-24)39(22-25-14-16-26(37)17-15-25)32(41)23-40(27-18-19-29(35)30(36)21-27)45(43,44)28-12-8-5-9-13-28/h4-19,21,31H,20,22-23H2,1-3H3,(H,38,42)/t31-/m0/s1. The highest BCUT2D eigenvalue weighted by Gasteiger charge is 2.35. The van der Waals surface area contributed by atoms with Gasteiger partial charge in [0.25, 0.3) is 10.0 Å². The van der Waals surface area contributed by atoms with Gasteiger partial charge in [0.2, 0.25) is 11.8 Å². The summed E-state index contributed by atoms with van der Waals surface area (Å²) in [7, 11) is -4.29. The van der Waals surface area contributed by atoms with Crippen LogP contribution in [0.15, 0.2) is 108 Å². The lowest BCUT2D eigenvalue weighted by molar-refractivity contribution is -0.140. The summed E-state index contributed by atoms with van der Waals surface area (Å²) in [6, 6.07) is 25.7. The summed E-state index contributed by atoms with van der Waals surface area (Å²) in [5.74, 6) is -1.54. The Morgan fingerprint density at radius 3 is 2.00 bits per heavy atom. The van der Waals surface area contributed by atoms with Gasteiger partial charge in [-0.05, 0) is 74.4 Å². The summed E-state index contributed by atoms with van der Waals surface area (Å²) >= 11 is 12.4. The molecule has 4 aromatic rings. The lowest BCUT2D eigenvalue weighted by Crippen LogP contribution is -2.56. The molecule has 1 N–H and O–H groups in total. The first-order valence-electron chi connectivity index (χ1n) is 14.2. The van der Waals surface area contributed by atoms with Crippen LogP contribution in [0.25, 0.3) is 0 Å². The van der Waals surface area contributed by atoms with E-state index in [1.54, 1.807) is 18.2 Å². The largest absolute Gasteiger partial charge is 0.350 e. The van der Waals surface area contributed by atoms with Crippen molar-refractivity contribution in [3.8, 4) is 0 Å². The van der Waals surface area contributed by atoms with Crippen molar-refractivity contribution in [1.29, 1.82) is 0 Å².